The molecule has 2 fully saturated rings. The Morgan fingerprint density at radius 2 is 1.75 bits per heavy atom. The molecule has 3 aliphatic rings. The van der Waals surface area contributed by atoms with Crippen LogP contribution in [0.3, 0.4) is 0 Å². The molecule has 3 aromatic carbocycles. The summed E-state index contributed by atoms with van der Waals surface area (Å²) in [5.74, 6) is -0.541. The van der Waals surface area contributed by atoms with Gasteiger partial charge in [0.05, 0.1) is 48.0 Å². The monoisotopic (exact) mass is 913 g/mol. The van der Waals surface area contributed by atoms with Crippen LogP contribution >= 0.6 is 11.6 Å². The van der Waals surface area contributed by atoms with Crippen molar-refractivity contribution in [2.45, 2.75) is 43.6 Å². The van der Waals surface area contributed by atoms with E-state index in [-0.39, 0.29) is 42.2 Å². The zero-order valence-electron chi connectivity index (χ0n) is 36.0. The highest BCUT2D eigenvalue weighted by atomic mass is 35.5. The van der Waals surface area contributed by atoms with Gasteiger partial charge in [0, 0.05) is 80.8 Å². The van der Waals surface area contributed by atoms with Crippen LogP contribution in [0.2, 0.25) is 5.02 Å². The predicted octanol–water partition coefficient (Wildman–Crippen LogP) is 7.67. The summed E-state index contributed by atoms with van der Waals surface area (Å²) in [6.45, 7) is 9.79. The van der Waals surface area contributed by atoms with E-state index >= 15 is 0 Å². The van der Waals surface area contributed by atoms with Gasteiger partial charge < -0.3 is 34.1 Å². The van der Waals surface area contributed by atoms with Gasteiger partial charge in [-0.1, -0.05) is 43.2 Å². The third-order valence-electron chi connectivity index (χ3n) is 12.2. The number of aromatic amines is 1. The normalized spacial score (nSPS) is 18.1. The number of sulfonamides is 1. The maximum atomic E-state index is 14.0. The highest BCUT2D eigenvalue weighted by molar-refractivity contribution is 7.90. The molecule has 0 saturated carbocycles. The number of pyridine rings is 1. The number of H-pyrrole nitrogens is 1. The number of piperazine rings is 1. The molecule has 64 heavy (non-hydrogen) atoms. The topological polar surface area (TPSA) is 190 Å². The molecule has 0 spiro atoms. The van der Waals surface area contributed by atoms with E-state index < -0.39 is 37.0 Å². The van der Waals surface area contributed by atoms with Crippen molar-refractivity contribution in [3.63, 3.8) is 0 Å². The van der Waals surface area contributed by atoms with Crippen LogP contribution in [0.5, 0.6) is 11.5 Å². The minimum absolute atomic E-state index is 0.0499. The number of nitrogens with one attached hydrogen (secondary N) is 3. The number of halogens is 1. The minimum Gasteiger partial charge on any atom is -0.455 e. The molecular formula is C46H52ClN7O9S. The van der Waals surface area contributed by atoms with Gasteiger partial charge in [-0.15, -0.1) is 0 Å². The van der Waals surface area contributed by atoms with Gasteiger partial charge in [-0.2, -0.15) is 0 Å². The molecule has 2 aromatic heterocycles. The zero-order chi connectivity index (χ0) is 45.1. The van der Waals surface area contributed by atoms with Gasteiger partial charge in [0.15, 0.2) is 0 Å². The molecule has 338 valence electrons. The number of hydrogen-bond acceptors (Lipinski definition) is 13. The van der Waals surface area contributed by atoms with Crippen molar-refractivity contribution in [2.24, 2.45) is 5.41 Å². The van der Waals surface area contributed by atoms with Gasteiger partial charge in [0.1, 0.15) is 28.4 Å². The standard InChI is InChI=1S/C46H52ClN7O9S/c1-45(2)14-12-33(39(25-45)31-4-6-34(47)7-5-31)27-52-16-18-53(19-17-52)35-8-10-38(42(23-35)63-36-22-32-13-15-48-43(32)49-26-36)44(55)51-64(58,59)37-9-11-40(41(24-37)54(56)57)50-28-46(60-3)29-61-20-21-62-30-46/h4-11,13,15,22-24,26,50H,12,14,16-21,25,27-30H2,1-3H3,(H,48,49)(H,51,55). The first-order valence-corrected chi connectivity index (χ1v) is 23.1. The highest BCUT2D eigenvalue weighted by Crippen LogP contribution is 2.43. The summed E-state index contributed by atoms with van der Waals surface area (Å²) in [5, 5.41) is 16.7. The Kier molecular flexibility index (Phi) is 13.3. The third-order valence-corrected chi connectivity index (χ3v) is 13.8. The Morgan fingerprint density at radius 1 is 1.00 bits per heavy atom. The number of amides is 1. The average Bonchev–Trinajstić information content (AvgIpc) is 3.62. The van der Waals surface area contributed by atoms with Crippen LogP contribution in [0.15, 0.2) is 95.7 Å². The fraction of sp³-hybridized carbons (Fsp3) is 0.391. The van der Waals surface area contributed by atoms with E-state index in [9.17, 15) is 23.3 Å². The van der Waals surface area contributed by atoms with Gasteiger partial charge in [-0.05, 0) is 84.3 Å². The van der Waals surface area contributed by atoms with Crippen LogP contribution in [-0.4, -0.2) is 113 Å². The lowest BCUT2D eigenvalue weighted by molar-refractivity contribution is -0.384. The number of aromatic nitrogens is 2. The Balaban J connectivity index is 1.00. The number of methoxy groups -OCH3 is 1. The van der Waals surface area contributed by atoms with E-state index in [0.29, 0.717) is 37.7 Å². The summed E-state index contributed by atoms with van der Waals surface area (Å²) in [5.41, 5.74) is 4.29. The van der Waals surface area contributed by atoms with Crippen LogP contribution in [0.4, 0.5) is 17.1 Å². The number of nitro groups is 1. The maximum Gasteiger partial charge on any atom is 0.293 e. The maximum absolute atomic E-state index is 14.0. The molecule has 16 nitrogen and oxygen atoms in total. The molecule has 5 aromatic rings. The number of nitrogens with zero attached hydrogens (tertiary/aromatic N) is 4. The summed E-state index contributed by atoms with van der Waals surface area (Å²) < 4.78 is 52.8. The fourth-order valence-electron chi connectivity index (χ4n) is 8.42. The molecule has 3 N–H and O–H groups in total. The van der Waals surface area contributed by atoms with E-state index in [0.717, 1.165) is 61.1 Å². The quantitative estimate of drug-likeness (QED) is 0.0728. The molecule has 0 atom stereocenters. The number of allylic oxidation sites excluding steroid dienone is 1. The Labute approximate surface area is 377 Å². The second-order valence-corrected chi connectivity index (χ2v) is 19.4. The molecule has 1 amide bonds. The van der Waals surface area contributed by atoms with Crippen molar-refractivity contribution < 1.29 is 37.1 Å². The van der Waals surface area contributed by atoms with Crippen molar-refractivity contribution in [3.8, 4) is 11.5 Å². The molecular weight excluding hydrogens is 862 g/mol. The molecule has 18 heteroatoms. The van der Waals surface area contributed by atoms with Crippen molar-refractivity contribution in [1.29, 1.82) is 0 Å². The van der Waals surface area contributed by atoms with Crippen LogP contribution in [0.25, 0.3) is 16.6 Å². The Bertz CT molecular complexity index is 2660. The number of carbonyl (C=O) groups excluding carboxylic acids is 1. The largest absolute Gasteiger partial charge is 0.455 e. The second kappa shape index (κ2) is 18.9. The van der Waals surface area contributed by atoms with Crippen molar-refractivity contribution in [1.82, 2.24) is 19.6 Å². The van der Waals surface area contributed by atoms with Crippen LogP contribution in [0, 0.1) is 15.5 Å². The number of nitro benzene ring substituents is 1. The summed E-state index contributed by atoms with van der Waals surface area (Å²) in [4.78, 5) is 37.2. The minimum atomic E-state index is -4.62. The second-order valence-electron chi connectivity index (χ2n) is 17.3. The van der Waals surface area contributed by atoms with Crippen LogP contribution in [-0.2, 0) is 24.2 Å². The van der Waals surface area contributed by atoms with Gasteiger partial charge in [0.25, 0.3) is 21.6 Å². The lowest BCUT2D eigenvalue weighted by atomic mass is 9.72. The van der Waals surface area contributed by atoms with E-state index in [4.69, 9.17) is 30.5 Å². The summed E-state index contributed by atoms with van der Waals surface area (Å²) in [6.07, 6.45) is 6.44. The molecule has 8 rings (SSSR count). The predicted molar refractivity (Wildman–Crippen MR) is 245 cm³/mol. The highest BCUT2D eigenvalue weighted by Gasteiger charge is 2.34. The Morgan fingerprint density at radius 3 is 2.47 bits per heavy atom. The summed E-state index contributed by atoms with van der Waals surface area (Å²) in [7, 11) is -3.13. The molecule has 4 heterocycles. The smallest absolute Gasteiger partial charge is 0.293 e. The number of fused-ring (bicyclic) bond motifs is 1. The van der Waals surface area contributed by atoms with Gasteiger partial charge in [-0.25, -0.2) is 18.1 Å². The van der Waals surface area contributed by atoms with E-state index in [1.54, 1.807) is 24.4 Å². The molecule has 0 bridgehead atoms. The molecule has 2 aliphatic heterocycles. The first kappa shape index (κ1) is 45.0. The molecule has 0 unspecified atom stereocenters. The van der Waals surface area contributed by atoms with Crippen LogP contribution in [0.1, 0.15) is 49.0 Å². The fourth-order valence-corrected chi connectivity index (χ4v) is 9.53. The zero-order valence-corrected chi connectivity index (χ0v) is 37.6. The number of rotatable bonds is 14. The number of hydrogen-bond donors (Lipinski definition) is 3. The third kappa shape index (κ3) is 10.4. The number of ether oxygens (including phenoxy) is 4. The number of anilines is 2. The van der Waals surface area contributed by atoms with Crippen molar-refractivity contribution in [3.05, 3.63) is 117 Å². The van der Waals surface area contributed by atoms with Gasteiger partial charge >= 0.3 is 0 Å². The summed E-state index contributed by atoms with van der Waals surface area (Å²) >= 11 is 6.24. The van der Waals surface area contributed by atoms with Gasteiger partial charge in [-0.3, -0.25) is 19.8 Å². The number of benzene rings is 3. The molecule has 1 aliphatic carbocycles. The van der Waals surface area contributed by atoms with Crippen molar-refractivity contribution >= 4 is 61.2 Å². The first-order valence-electron chi connectivity index (χ1n) is 21.2. The molecule has 2 saturated heterocycles. The SMILES string of the molecule is COC1(CNc2ccc(S(=O)(=O)NC(=O)c3ccc(N4CCN(CC5=C(c6ccc(Cl)cc6)CC(C)(C)CC5)CC4)cc3Oc3cnc4[nH]ccc4c3)cc2[N+](=O)[O-])COCCOC1. The van der Waals surface area contributed by atoms with Gasteiger partial charge in [0.2, 0.25) is 0 Å². The van der Waals surface area contributed by atoms with E-state index in [1.165, 1.54) is 48.2 Å². The molecule has 0 radical (unpaired) electrons. The number of carbonyl (C=O) groups is 1. The average molecular weight is 914 g/mol. The van der Waals surface area contributed by atoms with Crippen LogP contribution < -0.4 is 19.7 Å². The van der Waals surface area contributed by atoms with E-state index in [1.807, 2.05) is 18.2 Å². The van der Waals surface area contributed by atoms with E-state index in [2.05, 4.69) is 55.8 Å². The van der Waals surface area contributed by atoms with Crippen molar-refractivity contribution in [2.75, 3.05) is 83.0 Å². The lowest BCUT2D eigenvalue weighted by Gasteiger charge is -2.39. The lowest BCUT2D eigenvalue weighted by Crippen LogP contribution is -2.47. The summed E-state index contributed by atoms with van der Waals surface area (Å²) in [6, 6.07) is 20.1. The first-order chi connectivity index (χ1) is 30.7. The Hall–Kier alpha value is -5.56.